The number of aliphatic imine (C=N–C) groups is 1. The van der Waals surface area contributed by atoms with Crippen LogP contribution >= 0.6 is 0 Å². The van der Waals surface area contributed by atoms with Gasteiger partial charge < -0.3 is 18.9 Å². The van der Waals surface area contributed by atoms with Gasteiger partial charge in [-0.3, -0.25) is 0 Å². The summed E-state index contributed by atoms with van der Waals surface area (Å²) in [4.78, 5) is 10.6. The minimum Gasteiger partial charge on any atom is -0.314 e. The fraction of sp³-hybridized carbons (Fsp3) is 0.0392. The summed E-state index contributed by atoms with van der Waals surface area (Å²) in [7, 11) is 0. The lowest BCUT2D eigenvalue weighted by atomic mass is 10.0. The van der Waals surface area contributed by atoms with Crippen molar-refractivity contribution < 1.29 is 0 Å². The average molecular weight is 718 g/mol. The minimum atomic E-state index is -0.189. The van der Waals surface area contributed by atoms with Crippen molar-refractivity contribution in [2.24, 2.45) is 4.99 Å². The standard InChI is InChI=1S/C51H35N5/c1-5-17-34(18-6-1)50-52-51-49(56(50)37-23-11-4-12-24-37)42-31-30-41-39-25-13-16-28-45(39)54(47(41)48(42)55(51)36-21-9-3-10-22-36)38-29-32-46-43(33-38)40-26-14-15-27-44(40)53(46)35-19-7-2-8-20-35/h1-33,49,51H. The molecule has 4 heterocycles. The van der Waals surface area contributed by atoms with Gasteiger partial charge in [-0.05, 0) is 66.7 Å². The van der Waals surface area contributed by atoms with Crippen molar-refractivity contribution in [2.45, 2.75) is 12.2 Å². The largest absolute Gasteiger partial charge is 0.314 e. The lowest BCUT2D eigenvalue weighted by molar-refractivity contribution is 0.631. The zero-order valence-corrected chi connectivity index (χ0v) is 30.4. The van der Waals surface area contributed by atoms with Crippen LogP contribution in [0.1, 0.15) is 17.2 Å². The second kappa shape index (κ2) is 12.1. The average Bonchev–Trinajstić information content (AvgIpc) is 4.00. The summed E-state index contributed by atoms with van der Waals surface area (Å²) in [6, 6.07) is 72.2. The van der Waals surface area contributed by atoms with E-state index in [0.717, 1.165) is 34.1 Å². The van der Waals surface area contributed by atoms with Gasteiger partial charge in [0.2, 0.25) is 0 Å². The molecule has 0 aliphatic carbocycles. The van der Waals surface area contributed by atoms with Crippen molar-refractivity contribution in [1.29, 1.82) is 0 Å². The van der Waals surface area contributed by atoms with Gasteiger partial charge in [0.25, 0.3) is 0 Å². The molecule has 2 unspecified atom stereocenters. The van der Waals surface area contributed by atoms with Gasteiger partial charge in [-0.1, -0.05) is 133 Å². The first-order chi connectivity index (χ1) is 27.8. The first kappa shape index (κ1) is 31.0. The van der Waals surface area contributed by atoms with Crippen molar-refractivity contribution >= 4 is 66.5 Å². The molecule has 0 radical (unpaired) electrons. The van der Waals surface area contributed by atoms with Crippen molar-refractivity contribution in [3.63, 3.8) is 0 Å². The molecule has 0 amide bonds. The van der Waals surface area contributed by atoms with E-state index in [0.29, 0.717) is 0 Å². The maximum Gasteiger partial charge on any atom is 0.153 e. The van der Waals surface area contributed by atoms with Gasteiger partial charge in [-0.25, -0.2) is 4.99 Å². The smallest absolute Gasteiger partial charge is 0.153 e. The van der Waals surface area contributed by atoms with Crippen LogP contribution in [-0.2, 0) is 0 Å². The van der Waals surface area contributed by atoms with Gasteiger partial charge in [0.05, 0.1) is 27.8 Å². The van der Waals surface area contributed by atoms with Crippen LogP contribution in [0.3, 0.4) is 0 Å². The Morgan fingerprint density at radius 1 is 0.375 bits per heavy atom. The fourth-order valence-corrected chi connectivity index (χ4v) is 9.47. The van der Waals surface area contributed by atoms with Gasteiger partial charge in [0.1, 0.15) is 11.9 Å². The van der Waals surface area contributed by atoms with Gasteiger partial charge in [0, 0.05) is 55.4 Å². The Bertz CT molecular complexity index is 3150. The van der Waals surface area contributed by atoms with Crippen LogP contribution in [0.4, 0.5) is 17.1 Å². The van der Waals surface area contributed by atoms with Crippen molar-refractivity contribution in [2.75, 3.05) is 9.80 Å². The minimum absolute atomic E-state index is 0.0509. The molecule has 0 N–H and O–H groups in total. The van der Waals surface area contributed by atoms with E-state index in [1.54, 1.807) is 0 Å². The number of amidine groups is 1. The van der Waals surface area contributed by atoms with E-state index in [2.05, 4.69) is 219 Å². The number of hydrogen-bond acceptors (Lipinski definition) is 3. The summed E-state index contributed by atoms with van der Waals surface area (Å²) in [5.74, 6) is 0.985. The maximum absolute atomic E-state index is 5.68. The Labute approximate surface area is 324 Å². The molecule has 2 aliphatic rings. The second-order valence-corrected chi connectivity index (χ2v) is 14.7. The van der Waals surface area contributed by atoms with Crippen LogP contribution < -0.4 is 9.80 Å². The molecule has 12 rings (SSSR count). The van der Waals surface area contributed by atoms with Crippen LogP contribution in [0.5, 0.6) is 0 Å². The van der Waals surface area contributed by atoms with Crippen LogP contribution in [0.25, 0.3) is 55.0 Å². The van der Waals surface area contributed by atoms with Crippen LogP contribution in [0.15, 0.2) is 205 Å². The molecule has 2 aliphatic heterocycles. The van der Waals surface area contributed by atoms with E-state index in [1.807, 2.05) is 0 Å². The molecule has 8 aromatic carbocycles. The molecule has 264 valence electrons. The quantitative estimate of drug-likeness (QED) is 0.177. The second-order valence-electron chi connectivity index (χ2n) is 14.7. The number of nitrogens with zero attached hydrogens (tertiary/aromatic N) is 5. The van der Waals surface area contributed by atoms with Crippen molar-refractivity contribution in [3.8, 4) is 11.4 Å². The Balaban J connectivity index is 1.16. The van der Waals surface area contributed by atoms with Crippen molar-refractivity contribution in [3.05, 3.63) is 211 Å². The third-order valence-corrected chi connectivity index (χ3v) is 11.7. The van der Waals surface area contributed by atoms with Crippen molar-refractivity contribution in [1.82, 2.24) is 9.13 Å². The highest BCUT2D eigenvalue weighted by Gasteiger charge is 2.50. The SMILES string of the molecule is c1ccc(C2=NC3C(c4ccc5c6ccccc6n(-c6ccc7c(c6)c6ccccc6n7-c6ccccc6)c5c4N3c3ccccc3)N2c2ccccc2)cc1. The molecule has 0 fully saturated rings. The number of para-hydroxylation sites is 5. The summed E-state index contributed by atoms with van der Waals surface area (Å²) in [6.45, 7) is 0. The Morgan fingerprint density at radius 3 is 1.59 bits per heavy atom. The van der Waals surface area contributed by atoms with Gasteiger partial charge >= 0.3 is 0 Å². The van der Waals surface area contributed by atoms with Crippen LogP contribution in [-0.4, -0.2) is 21.1 Å². The fourth-order valence-electron chi connectivity index (χ4n) is 9.47. The molecule has 56 heavy (non-hydrogen) atoms. The molecule has 2 atom stereocenters. The Morgan fingerprint density at radius 2 is 0.911 bits per heavy atom. The molecule has 0 saturated carbocycles. The molecule has 10 aromatic rings. The predicted octanol–water partition coefficient (Wildman–Crippen LogP) is 12.4. The summed E-state index contributed by atoms with van der Waals surface area (Å²) in [6.07, 6.45) is -0.189. The maximum atomic E-state index is 5.68. The summed E-state index contributed by atoms with van der Waals surface area (Å²) >= 11 is 0. The number of rotatable bonds is 5. The van der Waals surface area contributed by atoms with Crippen LogP contribution in [0, 0.1) is 0 Å². The number of hydrogen-bond donors (Lipinski definition) is 0. The summed E-state index contributed by atoms with van der Waals surface area (Å²) in [5, 5.41) is 4.92. The summed E-state index contributed by atoms with van der Waals surface area (Å²) in [5.41, 5.74) is 12.9. The van der Waals surface area contributed by atoms with Gasteiger partial charge in [-0.2, -0.15) is 0 Å². The van der Waals surface area contributed by atoms with E-state index in [1.165, 1.54) is 54.9 Å². The monoisotopic (exact) mass is 717 g/mol. The topological polar surface area (TPSA) is 28.7 Å². The first-order valence-electron chi connectivity index (χ1n) is 19.3. The third-order valence-electron chi connectivity index (χ3n) is 11.7. The zero-order valence-electron chi connectivity index (χ0n) is 30.4. The lowest BCUT2D eigenvalue weighted by Gasteiger charge is -2.28. The van der Waals surface area contributed by atoms with Gasteiger partial charge in [0.15, 0.2) is 6.17 Å². The molecular formula is C51H35N5. The van der Waals surface area contributed by atoms with E-state index < -0.39 is 0 Å². The van der Waals surface area contributed by atoms with E-state index in [9.17, 15) is 0 Å². The highest BCUT2D eigenvalue weighted by molar-refractivity contribution is 6.18. The van der Waals surface area contributed by atoms with Gasteiger partial charge in [-0.15, -0.1) is 0 Å². The van der Waals surface area contributed by atoms with E-state index >= 15 is 0 Å². The Hall–Kier alpha value is -7.37. The molecule has 5 heteroatoms. The molecule has 0 bridgehead atoms. The number of fused-ring (bicyclic) bond motifs is 10. The third kappa shape index (κ3) is 4.39. The lowest BCUT2D eigenvalue weighted by Crippen LogP contribution is -2.34. The van der Waals surface area contributed by atoms with E-state index in [4.69, 9.17) is 4.99 Å². The zero-order chi connectivity index (χ0) is 36.7. The first-order valence-corrected chi connectivity index (χ1v) is 19.3. The predicted molar refractivity (Wildman–Crippen MR) is 232 cm³/mol. The van der Waals surface area contributed by atoms with Crippen LogP contribution in [0.2, 0.25) is 0 Å². The summed E-state index contributed by atoms with van der Waals surface area (Å²) < 4.78 is 4.89. The molecular weight excluding hydrogens is 683 g/mol. The molecule has 0 saturated heterocycles. The van der Waals surface area contributed by atoms with E-state index in [-0.39, 0.29) is 12.2 Å². The number of aromatic nitrogens is 2. The molecule has 2 aromatic heterocycles. The number of benzene rings is 8. The molecule has 0 spiro atoms. The highest BCUT2D eigenvalue weighted by Crippen LogP contribution is 2.55. The number of anilines is 3. The molecule has 5 nitrogen and oxygen atoms in total. The normalized spacial score (nSPS) is 16.2. The highest BCUT2D eigenvalue weighted by atomic mass is 15.4. The Kier molecular flexibility index (Phi) is 6.69.